The van der Waals surface area contributed by atoms with Gasteiger partial charge in [0.25, 0.3) is 5.17 Å². The SMILES string of the molecule is CCOC(=S)NC1O[C@H](COC(C)=O)[C@@H](OC(C)=O)[C@H](OC(C)=O)[C@H]1OC(C)=O. The van der Waals surface area contributed by atoms with Gasteiger partial charge in [-0.2, -0.15) is 0 Å². The summed E-state index contributed by atoms with van der Waals surface area (Å²) in [6.45, 7) is 6.27. The molecule has 0 aromatic carbocycles. The average molecular weight is 435 g/mol. The molecular formula is C17H25NO10S. The molecule has 164 valence electrons. The molecular weight excluding hydrogens is 410 g/mol. The lowest BCUT2D eigenvalue weighted by atomic mass is 9.97. The van der Waals surface area contributed by atoms with Gasteiger partial charge in [-0.25, -0.2) is 0 Å². The van der Waals surface area contributed by atoms with Crippen molar-refractivity contribution in [2.75, 3.05) is 13.2 Å². The number of nitrogens with one attached hydrogen (secondary N) is 1. The first kappa shape index (κ1) is 24.6. The maximum absolute atomic E-state index is 11.7. The maximum Gasteiger partial charge on any atom is 0.303 e. The molecule has 1 N–H and O–H groups in total. The predicted molar refractivity (Wildman–Crippen MR) is 99.3 cm³/mol. The molecule has 0 saturated carbocycles. The second kappa shape index (κ2) is 11.5. The summed E-state index contributed by atoms with van der Waals surface area (Å²) >= 11 is 5.04. The number of thiocarbonyl (C=S) groups is 1. The van der Waals surface area contributed by atoms with Crippen molar-refractivity contribution in [3.63, 3.8) is 0 Å². The van der Waals surface area contributed by atoms with E-state index in [-0.39, 0.29) is 18.4 Å². The number of carbonyl (C=O) groups excluding carboxylic acids is 4. The smallest absolute Gasteiger partial charge is 0.303 e. The Bertz CT molecular complexity index is 640. The molecule has 0 bridgehead atoms. The lowest BCUT2D eigenvalue weighted by Gasteiger charge is -2.44. The molecule has 5 atom stereocenters. The Morgan fingerprint density at radius 2 is 1.34 bits per heavy atom. The van der Waals surface area contributed by atoms with E-state index in [1.807, 2.05) is 0 Å². The van der Waals surface area contributed by atoms with Crippen LogP contribution in [-0.4, -0.2) is 72.9 Å². The van der Waals surface area contributed by atoms with Gasteiger partial charge in [-0.3, -0.25) is 19.2 Å². The number of hydrogen-bond acceptors (Lipinski definition) is 11. The van der Waals surface area contributed by atoms with E-state index in [1.54, 1.807) is 6.92 Å². The summed E-state index contributed by atoms with van der Waals surface area (Å²) in [6, 6.07) is 0. The highest BCUT2D eigenvalue weighted by atomic mass is 32.1. The van der Waals surface area contributed by atoms with Crippen LogP contribution in [0.3, 0.4) is 0 Å². The number of rotatable bonds is 7. The third kappa shape index (κ3) is 8.20. The Morgan fingerprint density at radius 1 is 0.828 bits per heavy atom. The van der Waals surface area contributed by atoms with Crippen molar-refractivity contribution in [1.29, 1.82) is 0 Å². The van der Waals surface area contributed by atoms with E-state index in [0.717, 1.165) is 20.8 Å². The minimum absolute atomic E-state index is 0.0617. The molecule has 0 amide bonds. The molecule has 1 aliphatic heterocycles. The molecule has 0 radical (unpaired) electrons. The first-order valence-corrected chi connectivity index (χ1v) is 9.19. The fourth-order valence-electron chi connectivity index (χ4n) is 2.63. The lowest BCUT2D eigenvalue weighted by Crippen LogP contribution is -2.66. The summed E-state index contributed by atoms with van der Waals surface area (Å²) in [7, 11) is 0. The van der Waals surface area contributed by atoms with Crippen molar-refractivity contribution in [3.05, 3.63) is 0 Å². The van der Waals surface area contributed by atoms with Crippen LogP contribution in [0.2, 0.25) is 0 Å². The van der Waals surface area contributed by atoms with Crippen molar-refractivity contribution in [2.45, 2.75) is 65.3 Å². The third-order valence-electron chi connectivity index (χ3n) is 3.53. The molecule has 1 saturated heterocycles. The fraction of sp³-hybridized carbons (Fsp3) is 0.706. The van der Waals surface area contributed by atoms with Crippen LogP contribution in [0.15, 0.2) is 0 Å². The van der Waals surface area contributed by atoms with Gasteiger partial charge < -0.3 is 33.7 Å². The number of carbonyl (C=O) groups is 4. The van der Waals surface area contributed by atoms with Crippen LogP contribution in [0, 0.1) is 0 Å². The van der Waals surface area contributed by atoms with Crippen LogP contribution in [0.1, 0.15) is 34.6 Å². The zero-order chi connectivity index (χ0) is 22.1. The highest BCUT2D eigenvalue weighted by molar-refractivity contribution is 7.80. The molecule has 1 rings (SSSR count). The summed E-state index contributed by atoms with van der Waals surface area (Å²) in [5.41, 5.74) is 0. The Kier molecular flexibility index (Phi) is 9.75. The van der Waals surface area contributed by atoms with E-state index in [1.165, 1.54) is 6.92 Å². The first-order valence-electron chi connectivity index (χ1n) is 8.78. The van der Waals surface area contributed by atoms with Gasteiger partial charge in [-0.1, -0.05) is 0 Å². The Morgan fingerprint density at radius 3 is 1.83 bits per heavy atom. The largest absolute Gasteiger partial charge is 0.471 e. The van der Waals surface area contributed by atoms with Gasteiger partial charge in [-0.15, -0.1) is 0 Å². The maximum atomic E-state index is 11.7. The quantitative estimate of drug-likeness (QED) is 0.327. The fourth-order valence-corrected chi connectivity index (χ4v) is 2.87. The molecule has 1 aliphatic rings. The zero-order valence-electron chi connectivity index (χ0n) is 16.8. The topological polar surface area (TPSA) is 136 Å². The van der Waals surface area contributed by atoms with Crippen LogP contribution >= 0.6 is 12.2 Å². The van der Waals surface area contributed by atoms with Crippen molar-refractivity contribution in [3.8, 4) is 0 Å². The van der Waals surface area contributed by atoms with Crippen LogP contribution in [0.5, 0.6) is 0 Å². The van der Waals surface area contributed by atoms with E-state index in [0.29, 0.717) is 0 Å². The Balaban J connectivity index is 3.29. The second-order valence-electron chi connectivity index (χ2n) is 5.98. The van der Waals surface area contributed by atoms with Crippen molar-refractivity contribution in [2.24, 2.45) is 0 Å². The Hall–Kier alpha value is -2.47. The van der Waals surface area contributed by atoms with E-state index < -0.39 is 54.5 Å². The molecule has 1 unspecified atom stereocenters. The normalized spacial score (nSPS) is 25.9. The minimum Gasteiger partial charge on any atom is -0.471 e. The predicted octanol–water partition coefficient (Wildman–Crippen LogP) is -0.0195. The molecule has 12 heteroatoms. The van der Waals surface area contributed by atoms with Gasteiger partial charge in [0.05, 0.1) is 6.61 Å². The summed E-state index contributed by atoms with van der Waals surface area (Å²) < 4.78 is 31.7. The molecule has 0 aromatic heterocycles. The minimum atomic E-state index is -1.27. The van der Waals surface area contributed by atoms with Gasteiger partial charge in [0.1, 0.15) is 12.7 Å². The van der Waals surface area contributed by atoms with E-state index in [2.05, 4.69) is 5.32 Å². The van der Waals surface area contributed by atoms with Crippen LogP contribution < -0.4 is 5.32 Å². The van der Waals surface area contributed by atoms with E-state index >= 15 is 0 Å². The Labute approximate surface area is 173 Å². The standard InChI is InChI=1S/C17H25NO10S/c1-6-23-17(29)18-16-15(27-11(5)22)14(26-10(4)21)13(25-9(3)20)12(28-16)7-24-8(2)19/h12-16H,6-7H2,1-5H3,(H,18,29)/t12-,13-,14+,15-,16?/m1/s1. The summed E-state index contributed by atoms with van der Waals surface area (Å²) in [5.74, 6) is -2.73. The van der Waals surface area contributed by atoms with Gasteiger partial charge >= 0.3 is 23.9 Å². The zero-order valence-corrected chi connectivity index (χ0v) is 17.6. The van der Waals surface area contributed by atoms with E-state index in [9.17, 15) is 19.2 Å². The van der Waals surface area contributed by atoms with Crippen LogP contribution in [-0.2, 0) is 47.6 Å². The van der Waals surface area contributed by atoms with Gasteiger partial charge in [0.15, 0.2) is 24.5 Å². The first-order chi connectivity index (χ1) is 13.5. The lowest BCUT2D eigenvalue weighted by molar-refractivity contribution is -0.255. The number of esters is 4. The summed E-state index contributed by atoms with van der Waals surface area (Å²) in [4.78, 5) is 46.2. The number of hydrogen-bond donors (Lipinski definition) is 1. The van der Waals surface area contributed by atoms with E-state index in [4.69, 9.17) is 40.6 Å². The van der Waals surface area contributed by atoms with Crippen molar-refractivity contribution in [1.82, 2.24) is 5.32 Å². The molecule has 29 heavy (non-hydrogen) atoms. The van der Waals surface area contributed by atoms with Gasteiger partial charge in [-0.05, 0) is 19.1 Å². The summed E-state index contributed by atoms with van der Waals surface area (Å²) in [6.07, 6.45) is -5.93. The molecule has 1 fully saturated rings. The second-order valence-corrected chi connectivity index (χ2v) is 6.36. The van der Waals surface area contributed by atoms with Crippen LogP contribution in [0.25, 0.3) is 0 Å². The molecule has 0 aromatic rings. The summed E-state index contributed by atoms with van der Waals surface area (Å²) in [5, 5.41) is 2.65. The van der Waals surface area contributed by atoms with Crippen LogP contribution in [0.4, 0.5) is 0 Å². The monoisotopic (exact) mass is 435 g/mol. The number of ether oxygens (including phenoxy) is 6. The molecule has 0 spiro atoms. The van der Waals surface area contributed by atoms with Gasteiger partial charge in [0, 0.05) is 27.7 Å². The van der Waals surface area contributed by atoms with Gasteiger partial charge in [0.2, 0.25) is 0 Å². The third-order valence-corrected chi connectivity index (χ3v) is 3.76. The highest BCUT2D eigenvalue weighted by Gasteiger charge is 2.52. The van der Waals surface area contributed by atoms with Crippen molar-refractivity contribution < 1.29 is 47.6 Å². The molecule has 1 heterocycles. The molecule has 11 nitrogen and oxygen atoms in total. The van der Waals surface area contributed by atoms with Crippen molar-refractivity contribution >= 4 is 41.3 Å². The average Bonchev–Trinajstić information content (AvgIpc) is 2.57. The molecule has 0 aliphatic carbocycles. The highest BCUT2D eigenvalue weighted by Crippen LogP contribution is 2.28.